The van der Waals surface area contributed by atoms with Gasteiger partial charge < -0.3 is 9.84 Å². The summed E-state index contributed by atoms with van der Waals surface area (Å²) in [4.78, 5) is 8.26. The molecule has 0 aliphatic rings. The third-order valence-corrected chi connectivity index (χ3v) is 5.38. The minimum Gasteiger partial charge on any atom is -0.492 e. The predicted octanol–water partition coefficient (Wildman–Crippen LogP) is 4.02. The fourth-order valence-corrected chi connectivity index (χ4v) is 4.34. The van der Waals surface area contributed by atoms with Crippen LogP contribution >= 0.6 is 11.3 Å². The summed E-state index contributed by atoms with van der Waals surface area (Å²) < 4.78 is 7.59. The fourth-order valence-electron chi connectivity index (χ4n) is 3.19. The van der Waals surface area contributed by atoms with Gasteiger partial charge in [0, 0.05) is 5.56 Å². The Morgan fingerprint density at radius 1 is 1.23 bits per heavy atom. The summed E-state index contributed by atoms with van der Waals surface area (Å²) in [5.41, 5.74) is 1.04. The molecule has 6 nitrogen and oxygen atoms in total. The first-order chi connectivity index (χ1) is 12.5. The van der Waals surface area contributed by atoms with Crippen LogP contribution in [0.1, 0.15) is 50.0 Å². The van der Waals surface area contributed by atoms with Gasteiger partial charge in [-0.25, -0.2) is 4.98 Å². The molecule has 2 heterocycles. The van der Waals surface area contributed by atoms with Crippen LogP contribution in [-0.2, 0) is 0 Å². The summed E-state index contributed by atoms with van der Waals surface area (Å²) in [5.74, 6) is 1.65. The van der Waals surface area contributed by atoms with Crippen molar-refractivity contribution in [3.05, 3.63) is 40.5 Å². The molecule has 1 aromatic carbocycles. The molecule has 0 aliphatic heterocycles. The van der Waals surface area contributed by atoms with Gasteiger partial charge in [0.15, 0.2) is 0 Å². The molecule has 0 aliphatic carbocycles. The molecule has 0 saturated carbocycles. The lowest BCUT2D eigenvalue weighted by Crippen LogP contribution is -2.29. The van der Waals surface area contributed by atoms with Crippen molar-refractivity contribution in [3.8, 4) is 11.6 Å². The Kier molecular flexibility index (Phi) is 5.48. The molecule has 0 spiro atoms. The Morgan fingerprint density at radius 3 is 2.54 bits per heavy atom. The van der Waals surface area contributed by atoms with E-state index in [4.69, 9.17) is 4.74 Å². The van der Waals surface area contributed by atoms with E-state index in [-0.39, 0.29) is 18.0 Å². The lowest BCUT2D eigenvalue weighted by Gasteiger charge is -2.30. The van der Waals surface area contributed by atoms with Crippen LogP contribution in [0.15, 0.2) is 24.3 Å². The number of aromatic nitrogens is 3. The van der Waals surface area contributed by atoms with E-state index in [9.17, 15) is 5.11 Å². The van der Waals surface area contributed by atoms with Crippen LogP contribution in [0.4, 0.5) is 0 Å². The number of hydrogen-bond donors (Lipinski definition) is 1. The molecule has 0 bridgehead atoms. The molecule has 1 unspecified atom stereocenters. The first-order valence-corrected chi connectivity index (χ1v) is 9.82. The van der Waals surface area contributed by atoms with Crippen molar-refractivity contribution in [2.45, 2.75) is 46.8 Å². The van der Waals surface area contributed by atoms with Crippen molar-refractivity contribution in [1.82, 2.24) is 19.5 Å². The second kappa shape index (κ2) is 7.63. The van der Waals surface area contributed by atoms with Gasteiger partial charge >= 0.3 is 0 Å². The maximum Gasteiger partial charge on any atom is 0.230 e. The molecule has 3 aromatic rings. The van der Waals surface area contributed by atoms with Gasteiger partial charge in [-0.05, 0) is 39.9 Å². The topological polar surface area (TPSA) is 62.9 Å². The number of thiazole rings is 1. The quantitative estimate of drug-likeness (QED) is 0.677. The van der Waals surface area contributed by atoms with E-state index in [0.29, 0.717) is 10.8 Å². The number of aromatic hydroxyl groups is 1. The van der Waals surface area contributed by atoms with Gasteiger partial charge in [-0.15, -0.1) is 5.10 Å². The minimum absolute atomic E-state index is 0.0760. The number of nitrogens with zero attached hydrogens (tertiary/aromatic N) is 4. The highest BCUT2D eigenvalue weighted by atomic mass is 32.1. The lowest BCUT2D eigenvalue weighted by atomic mass is 10.0. The van der Waals surface area contributed by atoms with Crippen LogP contribution in [0, 0.1) is 6.92 Å². The van der Waals surface area contributed by atoms with E-state index in [1.165, 1.54) is 15.9 Å². The number of ether oxygens (including phenoxy) is 1. The van der Waals surface area contributed by atoms with E-state index in [1.807, 2.05) is 39.0 Å². The summed E-state index contributed by atoms with van der Waals surface area (Å²) in [6.45, 7) is 11.8. The Hall–Kier alpha value is -2.12. The average Bonchev–Trinajstić information content (AvgIpc) is 3.10. The molecule has 0 radical (unpaired) electrons. The predicted molar refractivity (Wildman–Crippen MR) is 104 cm³/mol. The number of rotatable bonds is 7. The van der Waals surface area contributed by atoms with Crippen molar-refractivity contribution in [3.63, 3.8) is 0 Å². The molecule has 140 valence electrons. The van der Waals surface area contributed by atoms with Gasteiger partial charge in [0.1, 0.15) is 11.6 Å². The zero-order valence-electron chi connectivity index (χ0n) is 15.9. The fraction of sp³-hybridized carbons (Fsp3) is 0.474. The smallest absolute Gasteiger partial charge is 0.230 e. The molecule has 2 aromatic heterocycles. The largest absolute Gasteiger partial charge is 0.492 e. The normalized spacial score (nSPS) is 13.0. The van der Waals surface area contributed by atoms with Crippen molar-refractivity contribution in [1.29, 1.82) is 0 Å². The summed E-state index contributed by atoms with van der Waals surface area (Å²) in [6.07, 6.45) is 0.0760. The summed E-state index contributed by atoms with van der Waals surface area (Å²) >= 11 is 1.48. The summed E-state index contributed by atoms with van der Waals surface area (Å²) in [6, 6.07) is 7.93. The van der Waals surface area contributed by atoms with Crippen LogP contribution in [0.3, 0.4) is 0 Å². The Labute approximate surface area is 158 Å². The van der Waals surface area contributed by atoms with Crippen molar-refractivity contribution in [2.75, 3.05) is 13.1 Å². The minimum atomic E-state index is -0.117. The number of aryl methyl sites for hydroxylation is 1. The van der Waals surface area contributed by atoms with Crippen molar-refractivity contribution in [2.24, 2.45) is 0 Å². The summed E-state index contributed by atoms with van der Waals surface area (Å²) in [5, 5.41) is 15.2. The molecule has 0 amide bonds. The molecule has 1 atom stereocenters. The first-order valence-electron chi connectivity index (χ1n) is 9.00. The number of para-hydroxylation sites is 1. The van der Waals surface area contributed by atoms with E-state index >= 15 is 0 Å². The molecular formula is C19H26N4O2S. The maximum atomic E-state index is 10.9. The second-order valence-electron chi connectivity index (χ2n) is 6.47. The van der Waals surface area contributed by atoms with Gasteiger partial charge in [-0.1, -0.05) is 43.4 Å². The standard InChI is InChI=1S/C19H26N4O2S/c1-6-22(7-2)16(14-10-8-9-11-15(14)25-12(3)4)17-18(24)23-19(26-17)20-13(5)21-23/h8-12,16,24H,6-7H2,1-5H3. The highest BCUT2D eigenvalue weighted by Gasteiger charge is 2.30. The molecular weight excluding hydrogens is 348 g/mol. The van der Waals surface area contributed by atoms with Crippen LogP contribution in [-0.4, -0.2) is 43.8 Å². The van der Waals surface area contributed by atoms with Crippen molar-refractivity contribution < 1.29 is 9.84 Å². The summed E-state index contributed by atoms with van der Waals surface area (Å²) in [7, 11) is 0. The van der Waals surface area contributed by atoms with Gasteiger partial charge in [-0.3, -0.25) is 4.90 Å². The van der Waals surface area contributed by atoms with Crippen LogP contribution in [0.25, 0.3) is 4.96 Å². The molecule has 3 rings (SSSR count). The Morgan fingerprint density at radius 2 is 1.92 bits per heavy atom. The first kappa shape index (κ1) is 18.7. The maximum absolute atomic E-state index is 10.9. The van der Waals surface area contributed by atoms with E-state index in [2.05, 4.69) is 34.9 Å². The van der Waals surface area contributed by atoms with Crippen LogP contribution < -0.4 is 4.74 Å². The molecule has 0 fully saturated rings. The third-order valence-electron chi connectivity index (χ3n) is 4.31. The monoisotopic (exact) mass is 374 g/mol. The number of fused-ring (bicyclic) bond motifs is 1. The molecule has 26 heavy (non-hydrogen) atoms. The SMILES string of the molecule is CCN(CC)C(c1ccccc1OC(C)C)c1sc2nc(C)nn2c1O. The Bertz CT molecular complexity index is 883. The highest BCUT2D eigenvalue weighted by molar-refractivity contribution is 7.17. The zero-order chi connectivity index (χ0) is 18.8. The highest BCUT2D eigenvalue weighted by Crippen LogP contribution is 2.42. The van der Waals surface area contributed by atoms with Gasteiger partial charge in [-0.2, -0.15) is 4.52 Å². The average molecular weight is 375 g/mol. The Balaban J connectivity index is 2.17. The van der Waals surface area contributed by atoms with E-state index < -0.39 is 0 Å². The van der Waals surface area contributed by atoms with Crippen molar-refractivity contribution >= 4 is 16.3 Å². The van der Waals surface area contributed by atoms with Gasteiger partial charge in [0.2, 0.25) is 10.8 Å². The number of benzene rings is 1. The van der Waals surface area contributed by atoms with Crippen LogP contribution in [0.2, 0.25) is 0 Å². The zero-order valence-corrected chi connectivity index (χ0v) is 16.7. The third kappa shape index (κ3) is 3.41. The van der Waals surface area contributed by atoms with E-state index in [0.717, 1.165) is 29.3 Å². The van der Waals surface area contributed by atoms with Crippen LogP contribution in [0.5, 0.6) is 11.6 Å². The van der Waals surface area contributed by atoms with E-state index in [1.54, 1.807) is 0 Å². The second-order valence-corrected chi connectivity index (χ2v) is 7.48. The van der Waals surface area contributed by atoms with Gasteiger partial charge in [0.05, 0.1) is 17.0 Å². The lowest BCUT2D eigenvalue weighted by molar-refractivity contribution is 0.217. The molecule has 1 N–H and O–H groups in total. The number of hydrogen-bond acceptors (Lipinski definition) is 6. The molecule has 7 heteroatoms. The molecule has 0 saturated heterocycles. The van der Waals surface area contributed by atoms with Gasteiger partial charge in [0.25, 0.3) is 0 Å².